The van der Waals surface area contributed by atoms with Crippen LogP contribution in [0.4, 0.5) is 13.2 Å². The second-order valence-electron chi connectivity index (χ2n) is 6.15. The minimum absolute atomic E-state index is 0.169. The third-order valence-corrected chi connectivity index (χ3v) is 4.54. The Morgan fingerprint density at radius 1 is 1.39 bits per heavy atom. The molecule has 0 aromatic carbocycles. The molecular formula is C15H23F3N4S. The molecule has 23 heavy (non-hydrogen) atoms. The van der Waals surface area contributed by atoms with Gasteiger partial charge in [0.2, 0.25) is 0 Å². The van der Waals surface area contributed by atoms with Gasteiger partial charge >= 0.3 is 6.18 Å². The van der Waals surface area contributed by atoms with E-state index >= 15 is 0 Å². The van der Waals surface area contributed by atoms with Gasteiger partial charge in [0.1, 0.15) is 5.01 Å². The van der Waals surface area contributed by atoms with Crippen molar-refractivity contribution in [1.82, 2.24) is 15.2 Å². The number of piperidine rings is 1. The lowest BCUT2D eigenvalue weighted by molar-refractivity contribution is -0.140. The molecule has 1 fully saturated rings. The zero-order chi connectivity index (χ0) is 17.0. The number of likely N-dealkylation sites (tertiary alicyclic amines) is 1. The lowest BCUT2D eigenvalue weighted by Crippen LogP contribution is -2.48. The number of nitrogens with one attached hydrogen (secondary N) is 1. The molecule has 0 saturated carbocycles. The lowest BCUT2D eigenvalue weighted by atomic mass is 9.92. The van der Waals surface area contributed by atoms with Crippen molar-refractivity contribution in [2.75, 3.05) is 19.6 Å². The fourth-order valence-electron chi connectivity index (χ4n) is 2.92. The van der Waals surface area contributed by atoms with Crippen LogP contribution in [0.15, 0.2) is 10.4 Å². The lowest BCUT2D eigenvalue weighted by Gasteiger charge is -2.37. The van der Waals surface area contributed by atoms with Crippen molar-refractivity contribution in [2.24, 2.45) is 16.8 Å². The van der Waals surface area contributed by atoms with E-state index in [4.69, 9.17) is 0 Å². The van der Waals surface area contributed by atoms with Crippen molar-refractivity contribution in [3.63, 3.8) is 0 Å². The summed E-state index contributed by atoms with van der Waals surface area (Å²) in [6.07, 6.45) is -3.20. The Kier molecular flexibility index (Phi) is 5.89. The zero-order valence-corrected chi connectivity index (χ0v) is 14.5. The molecule has 0 aliphatic carbocycles. The fourth-order valence-corrected chi connectivity index (χ4v) is 3.64. The highest BCUT2D eigenvalue weighted by Crippen LogP contribution is 2.30. The summed E-state index contributed by atoms with van der Waals surface area (Å²) in [4.78, 5) is 10.3. The predicted molar refractivity (Wildman–Crippen MR) is 86.4 cm³/mol. The molecule has 1 aromatic rings. The van der Waals surface area contributed by atoms with Crippen LogP contribution < -0.4 is 5.32 Å². The van der Waals surface area contributed by atoms with Gasteiger partial charge in [-0.25, -0.2) is 9.98 Å². The van der Waals surface area contributed by atoms with Crippen LogP contribution in [0, 0.1) is 11.8 Å². The normalized spacial score (nSPS) is 23.2. The van der Waals surface area contributed by atoms with Crippen LogP contribution in [0.2, 0.25) is 0 Å². The number of alkyl halides is 3. The van der Waals surface area contributed by atoms with Crippen molar-refractivity contribution in [3.8, 4) is 0 Å². The molecule has 0 amide bonds. The number of hydrogen-bond acceptors (Lipinski definition) is 3. The van der Waals surface area contributed by atoms with Crippen LogP contribution in [0.5, 0.6) is 0 Å². The minimum Gasteiger partial charge on any atom is -0.357 e. The van der Waals surface area contributed by atoms with Crippen molar-refractivity contribution >= 4 is 17.3 Å². The summed E-state index contributed by atoms with van der Waals surface area (Å²) < 4.78 is 37.8. The van der Waals surface area contributed by atoms with E-state index in [-0.39, 0.29) is 6.54 Å². The maximum Gasteiger partial charge on any atom is 0.434 e. The van der Waals surface area contributed by atoms with Gasteiger partial charge in [0.25, 0.3) is 0 Å². The highest BCUT2D eigenvalue weighted by Gasteiger charge is 2.33. The summed E-state index contributed by atoms with van der Waals surface area (Å²) in [6.45, 7) is 9.14. The monoisotopic (exact) mass is 348 g/mol. The van der Waals surface area contributed by atoms with Crippen LogP contribution in [-0.2, 0) is 12.7 Å². The molecule has 1 aromatic heterocycles. The first-order chi connectivity index (χ1) is 10.8. The van der Waals surface area contributed by atoms with E-state index in [1.54, 1.807) is 0 Å². The molecular weight excluding hydrogens is 325 g/mol. The Balaban J connectivity index is 2.08. The fraction of sp³-hybridized carbons (Fsp3) is 0.733. The van der Waals surface area contributed by atoms with Gasteiger partial charge in [-0.15, -0.1) is 11.3 Å². The third-order valence-electron chi connectivity index (χ3n) is 3.71. The smallest absolute Gasteiger partial charge is 0.357 e. The molecule has 1 aliphatic heterocycles. The number of nitrogens with zero attached hydrogens (tertiary/aromatic N) is 3. The van der Waals surface area contributed by atoms with Crippen molar-refractivity contribution in [3.05, 3.63) is 16.1 Å². The third kappa shape index (κ3) is 5.09. The van der Waals surface area contributed by atoms with E-state index in [2.05, 4.69) is 34.0 Å². The molecule has 0 radical (unpaired) electrons. The van der Waals surface area contributed by atoms with Gasteiger partial charge in [-0.3, -0.25) is 0 Å². The van der Waals surface area contributed by atoms with Gasteiger partial charge in [-0.2, -0.15) is 13.2 Å². The van der Waals surface area contributed by atoms with Crippen LogP contribution >= 0.6 is 11.3 Å². The maximum absolute atomic E-state index is 12.6. The topological polar surface area (TPSA) is 40.5 Å². The van der Waals surface area contributed by atoms with E-state index in [0.717, 1.165) is 42.3 Å². The molecule has 1 N–H and O–H groups in total. The molecule has 130 valence electrons. The number of rotatable bonds is 3. The van der Waals surface area contributed by atoms with E-state index in [0.29, 0.717) is 16.8 Å². The van der Waals surface area contributed by atoms with Crippen LogP contribution in [-0.4, -0.2) is 35.5 Å². The molecule has 0 spiro atoms. The molecule has 2 unspecified atom stereocenters. The Bertz CT molecular complexity index is 531. The number of hydrogen-bond donors (Lipinski definition) is 1. The van der Waals surface area contributed by atoms with E-state index < -0.39 is 11.9 Å². The first kappa shape index (κ1) is 18.0. The average molecular weight is 348 g/mol. The predicted octanol–water partition coefficient (Wildman–Crippen LogP) is 3.61. The van der Waals surface area contributed by atoms with Crippen LogP contribution in [0.25, 0.3) is 0 Å². The molecule has 1 aliphatic rings. The maximum atomic E-state index is 12.6. The standard InChI is InChI=1S/C15H23F3N4S/c1-4-19-14(22-7-10(2)5-11(3)8-22)20-6-13-21-12(9-23-13)15(16,17)18/h9-11H,4-8H2,1-3H3,(H,19,20). The van der Waals surface area contributed by atoms with E-state index in [1.165, 1.54) is 6.42 Å². The molecule has 1 saturated heterocycles. The Hall–Kier alpha value is -1.31. The summed E-state index contributed by atoms with van der Waals surface area (Å²) in [5, 5.41) is 4.66. The second kappa shape index (κ2) is 7.51. The van der Waals surface area contributed by atoms with Gasteiger partial charge in [0.05, 0.1) is 6.54 Å². The van der Waals surface area contributed by atoms with E-state index in [1.807, 2.05) is 6.92 Å². The van der Waals surface area contributed by atoms with Gasteiger partial charge in [-0.05, 0) is 25.2 Å². The van der Waals surface area contributed by atoms with Gasteiger partial charge in [-0.1, -0.05) is 13.8 Å². The van der Waals surface area contributed by atoms with E-state index in [9.17, 15) is 13.2 Å². The van der Waals surface area contributed by atoms with Gasteiger partial charge in [0, 0.05) is 25.0 Å². The summed E-state index contributed by atoms with van der Waals surface area (Å²) in [6, 6.07) is 0. The number of aromatic nitrogens is 1. The number of halogens is 3. The highest BCUT2D eigenvalue weighted by atomic mass is 32.1. The zero-order valence-electron chi connectivity index (χ0n) is 13.7. The van der Waals surface area contributed by atoms with Gasteiger partial charge in [0.15, 0.2) is 11.7 Å². The molecule has 8 heteroatoms. The van der Waals surface area contributed by atoms with Crippen LogP contribution in [0.3, 0.4) is 0 Å². The summed E-state index contributed by atoms with van der Waals surface area (Å²) in [5.74, 6) is 1.92. The Morgan fingerprint density at radius 2 is 2.04 bits per heavy atom. The van der Waals surface area contributed by atoms with Crippen molar-refractivity contribution in [2.45, 2.75) is 39.9 Å². The average Bonchev–Trinajstić information content (AvgIpc) is 2.91. The minimum atomic E-state index is -4.39. The Morgan fingerprint density at radius 3 is 2.57 bits per heavy atom. The largest absolute Gasteiger partial charge is 0.434 e. The molecule has 2 atom stereocenters. The highest BCUT2D eigenvalue weighted by molar-refractivity contribution is 7.09. The molecule has 2 rings (SSSR count). The summed E-state index contributed by atoms with van der Waals surface area (Å²) in [5.41, 5.74) is -0.835. The van der Waals surface area contributed by atoms with Crippen molar-refractivity contribution < 1.29 is 13.2 Å². The molecule has 0 bridgehead atoms. The first-order valence-corrected chi connectivity index (χ1v) is 8.72. The second-order valence-corrected chi connectivity index (χ2v) is 7.09. The number of guanidine groups is 1. The van der Waals surface area contributed by atoms with Crippen molar-refractivity contribution in [1.29, 1.82) is 0 Å². The quantitative estimate of drug-likeness (QED) is 0.670. The number of aliphatic imine (C=N–C) groups is 1. The number of thiazole rings is 1. The van der Waals surface area contributed by atoms with Gasteiger partial charge < -0.3 is 10.2 Å². The van der Waals surface area contributed by atoms with Crippen LogP contribution in [0.1, 0.15) is 37.9 Å². The summed E-state index contributed by atoms with van der Waals surface area (Å²) in [7, 11) is 0. The summed E-state index contributed by atoms with van der Waals surface area (Å²) >= 11 is 1.000. The SMILES string of the molecule is CCNC(=NCc1nc(C(F)(F)F)cs1)N1CC(C)CC(C)C1. The Labute approximate surface area is 138 Å². The molecule has 2 heterocycles. The first-order valence-electron chi connectivity index (χ1n) is 7.84. The molecule has 4 nitrogen and oxygen atoms in total.